The second kappa shape index (κ2) is 5.06. The molecule has 0 spiro atoms. The SMILES string of the molecule is Cc1cc(N)ccc1N=Nc1ccc(N)cc1Cl. The first kappa shape index (κ1) is 12.4. The third kappa shape index (κ3) is 2.78. The van der Waals surface area contributed by atoms with Crippen molar-refractivity contribution in [3.63, 3.8) is 0 Å². The number of azo groups is 1. The Morgan fingerprint density at radius 3 is 2.06 bits per heavy atom. The molecule has 4 N–H and O–H groups in total. The van der Waals surface area contributed by atoms with Crippen LogP contribution in [0.25, 0.3) is 0 Å². The Kier molecular flexibility index (Phi) is 3.48. The van der Waals surface area contributed by atoms with Crippen LogP contribution in [0.1, 0.15) is 5.56 Å². The molecule has 0 aliphatic rings. The minimum absolute atomic E-state index is 0.479. The van der Waals surface area contributed by atoms with Crippen molar-refractivity contribution in [3.05, 3.63) is 47.0 Å². The zero-order chi connectivity index (χ0) is 13.1. The Hall–Kier alpha value is -2.07. The molecule has 0 saturated carbocycles. The van der Waals surface area contributed by atoms with Crippen molar-refractivity contribution in [2.75, 3.05) is 11.5 Å². The van der Waals surface area contributed by atoms with E-state index in [0.717, 1.165) is 11.3 Å². The highest BCUT2D eigenvalue weighted by molar-refractivity contribution is 6.33. The van der Waals surface area contributed by atoms with Gasteiger partial charge in [0, 0.05) is 11.4 Å². The third-order valence-electron chi connectivity index (χ3n) is 2.46. The Balaban J connectivity index is 2.30. The van der Waals surface area contributed by atoms with Gasteiger partial charge in [0.2, 0.25) is 0 Å². The fourth-order valence-corrected chi connectivity index (χ4v) is 1.73. The van der Waals surface area contributed by atoms with Gasteiger partial charge in [-0.3, -0.25) is 0 Å². The van der Waals surface area contributed by atoms with E-state index < -0.39 is 0 Å². The van der Waals surface area contributed by atoms with Crippen molar-refractivity contribution >= 4 is 34.4 Å². The molecule has 0 heterocycles. The highest BCUT2D eigenvalue weighted by Crippen LogP contribution is 2.29. The van der Waals surface area contributed by atoms with Crippen LogP contribution in [-0.4, -0.2) is 0 Å². The predicted octanol–water partition coefficient (Wildman–Crippen LogP) is 4.23. The van der Waals surface area contributed by atoms with Crippen molar-refractivity contribution < 1.29 is 0 Å². The van der Waals surface area contributed by atoms with Gasteiger partial charge in [-0.15, -0.1) is 5.11 Å². The molecule has 2 rings (SSSR count). The summed E-state index contributed by atoms with van der Waals surface area (Å²) in [4.78, 5) is 0. The van der Waals surface area contributed by atoms with Crippen LogP contribution in [0.15, 0.2) is 46.6 Å². The van der Waals surface area contributed by atoms with Gasteiger partial charge in [-0.05, 0) is 48.9 Å². The van der Waals surface area contributed by atoms with Crippen molar-refractivity contribution in [2.24, 2.45) is 10.2 Å². The minimum atomic E-state index is 0.479. The molecule has 0 aliphatic carbocycles. The van der Waals surface area contributed by atoms with Gasteiger partial charge in [0.15, 0.2) is 0 Å². The number of hydrogen-bond acceptors (Lipinski definition) is 4. The van der Waals surface area contributed by atoms with Crippen LogP contribution in [-0.2, 0) is 0 Å². The third-order valence-corrected chi connectivity index (χ3v) is 2.76. The van der Waals surface area contributed by atoms with Gasteiger partial charge in [0.05, 0.1) is 10.7 Å². The average Bonchev–Trinajstić information content (AvgIpc) is 2.30. The fraction of sp³-hybridized carbons (Fsp3) is 0.0769. The maximum absolute atomic E-state index is 6.01. The average molecular weight is 261 g/mol. The number of halogens is 1. The molecule has 2 aromatic rings. The molecule has 92 valence electrons. The summed E-state index contributed by atoms with van der Waals surface area (Å²) in [5, 5.41) is 8.73. The van der Waals surface area contributed by atoms with Gasteiger partial charge in [0.1, 0.15) is 5.69 Å². The lowest BCUT2D eigenvalue weighted by molar-refractivity contribution is 1.21. The highest BCUT2D eigenvalue weighted by atomic mass is 35.5. The van der Waals surface area contributed by atoms with E-state index in [2.05, 4.69) is 10.2 Å². The van der Waals surface area contributed by atoms with Gasteiger partial charge in [-0.25, -0.2) is 0 Å². The molecular formula is C13H13ClN4. The van der Waals surface area contributed by atoms with Crippen molar-refractivity contribution in [1.29, 1.82) is 0 Å². The molecule has 0 saturated heterocycles. The van der Waals surface area contributed by atoms with Crippen molar-refractivity contribution in [1.82, 2.24) is 0 Å². The summed E-state index contributed by atoms with van der Waals surface area (Å²) >= 11 is 6.01. The Bertz CT molecular complexity index is 554. The zero-order valence-corrected chi connectivity index (χ0v) is 10.6. The smallest absolute Gasteiger partial charge is 0.104 e. The number of anilines is 2. The number of nitrogens with zero attached hydrogens (tertiary/aromatic N) is 2. The molecule has 2 aromatic carbocycles. The highest BCUT2D eigenvalue weighted by Gasteiger charge is 2.00. The number of rotatable bonds is 2. The van der Waals surface area contributed by atoms with Crippen LogP contribution < -0.4 is 11.5 Å². The molecule has 0 amide bonds. The Morgan fingerprint density at radius 2 is 1.44 bits per heavy atom. The number of nitrogens with two attached hydrogens (primary N) is 2. The quantitative estimate of drug-likeness (QED) is 0.626. The maximum atomic E-state index is 6.01. The summed E-state index contributed by atoms with van der Waals surface area (Å²) in [6.07, 6.45) is 0. The van der Waals surface area contributed by atoms with Gasteiger partial charge < -0.3 is 11.5 Å². The minimum Gasteiger partial charge on any atom is -0.399 e. The zero-order valence-electron chi connectivity index (χ0n) is 9.89. The molecule has 0 aliphatic heterocycles. The Morgan fingerprint density at radius 1 is 0.889 bits per heavy atom. The number of benzene rings is 2. The van der Waals surface area contributed by atoms with Crippen LogP contribution in [0.3, 0.4) is 0 Å². The summed E-state index contributed by atoms with van der Waals surface area (Å²) in [6, 6.07) is 10.6. The molecule has 0 bridgehead atoms. The first-order chi connectivity index (χ1) is 8.56. The predicted molar refractivity (Wildman–Crippen MR) is 75.6 cm³/mol. The fourth-order valence-electron chi connectivity index (χ4n) is 1.50. The lowest BCUT2D eigenvalue weighted by Gasteiger charge is -2.01. The van der Waals surface area contributed by atoms with Crippen LogP contribution in [0.5, 0.6) is 0 Å². The number of hydrogen-bond donors (Lipinski definition) is 2. The summed E-state index contributed by atoms with van der Waals surface area (Å²) < 4.78 is 0. The maximum Gasteiger partial charge on any atom is 0.104 e. The molecule has 0 unspecified atom stereocenters. The standard InChI is InChI=1S/C13H13ClN4/c1-8-6-9(15)2-4-12(8)17-18-13-5-3-10(16)7-11(13)14/h2-7H,15-16H2,1H3. The van der Waals surface area contributed by atoms with Gasteiger partial charge in [0.25, 0.3) is 0 Å². The normalized spacial score (nSPS) is 11.0. The van der Waals surface area contributed by atoms with E-state index in [1.165, 1.54) is 0 Å². The van der Waals surface area contributed by atoms with E-state index in [1.54, 1.807) is 24.3 Å². The van der Waals surface area contributed by atoms with Gasteiger partial charge in [-0.2, -0.15) is 5.11 Å². The van der Waals surface area contributed by atoms with E-state index in [-0.39, 0.29) is 0 Å². The number of nitrogen functional groups attached to an aromatic ring is 2. The largest absolute Gasteiger partial charge is 0.399 e. The van der Waals surface area contributed by atoms with Crippen LogP contribution >= 0.6 is 11.6 Å². The molecule has 0 radical (unpaired) electrons. The van der Waals surface area contributed by atoms with E-state index in [0.29, 0.717) is 22.1 Å². The summed E-state index contributed by atoms with van der Waals surface area (Å²) in [6.45, 7) is 1.93. The lowest BCUT2D eigenvalue weighted by atomic mass is 10.2. The lowest BCUT2D eigenvalue weighted by Crippen LogP contribution is -1.84. The summed E-state index contributed by atoms with van der Waals surface area (Å²) in [5.41, 5.74) is 14.9. The van der Waals surface area contributed by atoms with Crippen LogP contribution in [0.2, 0.25) is 5.02 Å². The van der Waals surface area contributed by atoms with E-state index >= 15 is 0 Å². The first-order valence-electron chi connectivity index (χ1n) is 5.39. The molecular weight excluding hydrogens is 248 g/mol. The van der Waals surface area contributed by atoms with E-state index in [1.807, 2.05) is 19.1 Å². The van der Waals surface area contributed by atoms with E-state index in [9.17, 15) is 0 Å². The first-order valence-corrected chi connectivity index (χ1v) is 5.77. The van der Waals surface area contributed by atoms with Crippen molar-refractivity contribution in [2.45, 2.75) is 6.92 Å². The summed E-state index contributed by atoms with van der Waals surface area (Å²) in [5.74, 6) is 0. The van der Waals surface area contributed by atoms with Crippen LogP contribution in [0, 0.1) is 6.92 Å². The van der Waals surface area contributed by atoms with Gasteiger partial charge in [-0.1, -0.05) is 11.6 Å². The molecule has 0 aromatic heterocycles. The van der Waals surface area contributed by atoms with E-state index in [4.69, 9.17) is 23.1 Å². The molecule has 4 nitrogen and oxygen atoms in total. The number of aryl methyl sites for hydroxylation is 1. The van der Waals surface area contributed by atoms with Crippen molar-refractivity contribution in [3.8, 4) is 0 Å². The van der Waals surface area contributed by atoms with Crippen LogP contribution in [0.4, 0.5) is 22.7 Å². The second-order valence-electron chi connectivity index (χ2n) is 3.96. The Labute approximate surface area is 110 Å². The molecule has 0 fully saturated rings. The second-order valence-corrected chi connectivity index (χ2v) is 4.36. The molecule has 0 atom stereocenters. The van der Waals surface area contributed by atoms with Gasteiger partial charge >= 0.3 is 0 Å². The topological polar surface area (TPSA) is 76.8 Å². The molecule has 18 heavy (non-hydrogen) atoms. The summed E-state index contributed by atoms with van der Waals surface area (Å²) in [7, 11) is 0. The molecule has 5 heteroatoms. The monoisotopic (exact) mass is 260 g/mol.